The van der Waals surface area contributed by atoms with E-state index in [9.17, 15) is 116 Å². The van der Waals surface area contributed by atoms with E-state index in [4.69, 9.17) is 73.6 Å². The predicted octanol–water partition coefficient (Wildman–Crippen LogP) is -15.6. The highest BCUT2D eigenvalue weighted by Crippen LogP contribution is 2.14. The molecular weight excluding hydrogens is 1850 g/mol. The average molecular weight is 2000 g/mol. The van der Waals surface area contributed by atoms with Gasteiger partial charge in [0.1, 0.15) is 84.6 Å². The van der Waals surface area contributed by atoms with E-state index in [1.807, 2.05) is 5.32 Å². The fraction of sp³-hybridized carbons (Fsp3) is 0.720. The number of aliphatic carboxylic acids is 1. The van der Waals surface area contributed by atoms with Crippen LogP contribution in [0.1, 0.15) is 182 Å². The van der Waals surface area contributed by atoms with Crippen LogP contribution >= 0.6 is 0 Å². The quantitative estimate of drug-likeness (QED) is 0.0153. The number of nitrogens with one attached hydrogen (secondary N) is 24. The van der Waals surface area contributed by atoms with Crippen LogP contribution in [-0.2, 0) is 95.9 Å². The second-order valence-electron chi connectivity index (χ2n) is 33.3. The van der Waals surface area contributed by atoms with Crippen LogP contribution in [0, 0.1) is 22.1 Å². The molecule has 0 aliphatic rings. The molecule has 0 aliphatic heterocycles. The number of aliphatic hydroxyl groups is 3. The first kappa shape index (κ1) is 127. The lowest BCUT2D eigenvalue weighted by atomic mass is 10.0. The number of carbonyl (C=O) groups is 20. The molecule has 0 fully saturated rings. The van der Waals surface area contributed by atoms with E-state index in [1.165, 1.54) is 13.8 Å². The highest BCUT2D eigenvalue weighted by molar-refractivity contribution is 6.01. The number of carboxylic acid groups (broad SMARTS) is 1. The summed E-state index contributed by atoms with van der Waals surface area (Å²) in [4.78, 5) is 271. The van der Waals surface area contributed by atoms with Gasteiger partial charge in [0, 0.05) is 26.1 Å². The monoisotopic (exact) mass is 2000 g/mol. The second kappa shape index (κ2) is 72.2. The Balaban J connectivity index is 6.68. The summed E-state index contributed by atoms with van der Waals surface area (Å²) in [5, 5.41) is 113. The average Bonchev–Trinajstić information content (AvgIpc) is 0.849. The number of aliphatic hydroxyl groups excluding tert-OH is 3. The maximum Gasteiger partial charge on any atom is 0.328 e. The number of amides is 19. The molecule has 140 heavy (non-hydrogen) atoms. The van der Waals surface area contributed by atoms with Gasteiger partial charge in [-0.3, -0.25) is 107 Å². The standard InChI is InChI=1S/C82H154N34O24/c1-43(2)63(115-74(134)50(21-8-13-31-85)107-60(122)38-99-59(121)37-101-69(129)55(27-28-58(89)120)110-72(132)49(20-7-12-30-84)106-62(124)40-102-68(128)48(24-16-34-96-80(90)91)105-61(123)39-100-67(127)47(88)19-6-11-29-83)77(137)111-53(25-17-35-97-81(92)93)71(131)104-44(3)65(125)108-51(22-9-14-32-86)70(130)103-45(4)66(126)109-52(23-10-15-33-87)75(135)116-64(46(5)119)78(138)112-54(26-18-36-98-82(94)95)73(133)113-56(41-117)76(136)114-57(42-118)79(139)140/h43-57,63-64,117-119H,6-42,83-88H2,1-5H3,(H2,89,120)(H,99,121)(H,100,127)(H,101,129)(H,102,128)(H,103,130)(H,104,131)(H,105,123)(H,106,124)(H,107,122)(H,108,125)(H,109,126)(H,110,132)(H,111,137)(H,112,138)(H,113,133)(H,114,136)(H,115,134)(H,116,135)(H,139,140)(H4,90,91,96)(H4,92,93,97)(H4,94,95,98)/t44-,45-,46+,47-,48-,49-,50-,51-,52-,53-,54-,55-,56-,57-,63-,64+/m0/s1. The lowest BCUT2D eigenvalue weighted by Gasteiger charge is -2.28. The Kier molecular flexibility index (Phi) is 65.4. The summed E-state index contributed by atoms with van der Waals surface area (Å²) in [6.07, 6.45) is 0.410. The zero-order chi connectivity index (χ0) is 106. The third-order valence-electron chi connectivity index (χ3n) is 21.0. The van der Waals surface area contributed by atoms with E-state index in [0.717, 1.165) is 6.92 Å². The second-order valence-corrected chi connectivity index (χ2v) is 33.3. The molecular formula is C82H154N34O24. The third kappa shape index (κ3) is 55.4. The summed E-state index contributed by atoms with van der Waals surface area (Å²) in [7, 11) is 0. The minimum Gasteiger partial charge on any atom is -0.480 e. The van der Waals surface area contributed by atoms with Gasteiger partial charge >= 0.3 is 5.97 Å². The number of nitrogens with two attached hydrogens (primary N) is 10. The SMILES string of the molecule is CC(C)[C@H](NC(=O)[C@H](CCCCN)NC(=O)CNC(=O)CNC(=O)[C@H](CCC(N)=O)NC(=O)[C@H](CCCCN)NC(=O)CNC(=O)[C@H](CCCNC(=N)N)NC(=O)CNC(=O)[C@@H](N)CCCCN)C(=O)N[C@@H](CCCNC(=N)N)C(=O)N[C@@H](C)C(=O)N[C@@H](CCCCN)C(=O)N[C@@H](C)C(=O)N[C@@H](CCCCN)C(=O)N[C@@H](C(=O)N[C@@H](CCCNC(=N)N)C(=O)N[C@@H](CO)C(=O)N[C@@H](CO)C(=O)O)[C@@H](C)O. The van der Waals surface area contributed by atoms with Gasteiger partial charge in [0.2, 0.25) is 112 Å². The summed E-state index contributed by atoms with van der Waals surface area (Å²) < 4.78 is 0. The third-order valence-corrected chi connectivity index (χ3v) is 21.0. The van der Waals surface area contributed by atoms with Crippen molar-refractivity contribution < 1.29 is 116 Å². The molecule has 0 aromatic rings. The van der Waals surface area contributed by atoms with Crippen LogP contribution in [0.2, 0.25) is 0 Å². The number of carbonyl (C=O) groups excluding carboxylic acids is 19. The highest BCUT2D eigenvalue weighted by Gasteiger charge is 2.39. The number of hydrogen-bond donors (Lipinski definition) is 38. The van der Waals surface area contributed by atoms with E-state index in [1.54, 1.807) is 13.8 Å². The molecule has 0 saturated carbocycles. The number of guanidine groups is 3. The van der Waals surface area contributed by atoms with Gasteiger partial charge in [-0.15, -0.1) is 0 Å². The van der Waals surface area contributed by atoms with Crippen molar-refractivity contribution in [2.75, 3.05) is 91.8 Å². The molecule has 0 rings (SSSR count). The fourth-order valence-corrected chi connectivity index (χ4v) is 13.0. The minimum absolute atomic E-state index is 0.00420. The molecule has 0 heterocycles. The Morgan fingerprint density at radius 2 is 0.536 bits per heavy atom. The van der Waals surface area contributed by atoms with Crippen LogP contribution in [0.25, 0.3) is 0 Å². The van der Waals surface area contributed by atoms with Crippen LogP contribution < -0.4 is 169 Å². The molecule has 0 unspecified atom stereocenters. The normalized spacial score (nSPS) is 14.4. The molecule has 0 aromatic heterocycles. The van der Waals surface area contributed by atoms with Gasteiger partial charge in [-0.1, -0.05) is 20.3 Å². The Hall–Kier alpha value is -13.1. The van der Waals surface area contributed by atoms with Crippen molar-refractivity contribution in [3.05, 3.63) is 0 Å². The van der Waals surface area contributed by atoms with Crippen molar-refractivity contribution >= 4 is 136 Å². The lowest BCUT2D eigenvalue weighted by Crippen LogP contribution is -2.62. The molecule has 48 N–H and O–H groups in total. The van der Waals surface area contributed by atoms with E-state index in [-0.39, 0.29) is 142 Å². The maximum atomic E-state index is 14.4. The fourth-order valence-electron chi connectivity index (χ4n) is 13.0. The Morgan fingerprint density at radius 1 is 0.271 bits per heavy atom. The summed E-state index contributed by atoms with van der Waals surface area (Å²) in [5.41, 5.74) is 56.1. The van der Waals surface area contributed by atoms with Crippen molar-refractivity contribution in [3.63, 3.8) is 0 Å². The zero-order valence-electron chi connectivity index (χ0n) is 80.2. The highest BCUT2D eigenvalue weighted by atomic mass is 16.4. The summed E-state index contributed by atoms with van der Waals surface area (Å²) >= 11 is 0. The predicted molar refractivity (Wildman–Crippen MR) is 507 cm³/mol. The first-order chi connectivity index (χ1) is 66.1. The molecule has 0 aliphatic carbocycles. The summed E-state index contributed by atoms with van der Waals surface area (Å²) in [5.74, 6) is -22.0. The van der Waals surface area contributed by atoms with Gasteiger partial charge in [0.25, 0.3) is 0 Å². The molecule has 0 saturated heterocycles. The Labute approximate surface area is 811 Å². The van der Waals surface area contributed by atoms with Crippen LogP contribution in [0.15, 0.2) is 0 Å². The number of unbranched alkanes of at least 4 members (excludes halogenated alkanes) is 5. The van der Waals surface area contributed by atoms with Gasteiger partial charge < -0.3 is 189 Å². The molecule has 0 spiro atoms. The van der Waals surface area contributed by atoms with Crippen molar-refractivity contribution in [1.29, 1.82) is 16.2 Å². The lowest BCUT2D eigenvalue weighted by molar-refractivity contribution is -0.143. The first-order valence-corrected chi connectivity index (χ1v) is 46.4. The summed E-state index contributed by atoms with van der Waals surface area (Å²) in [6.45, 7) is 2.57. The molecule has 796 valence electrons. The van der Waals surface area contributed by atoms with Crippen molar-refractivity contribution in [2.45, 2.75) is 279 Å². The number of rotatable bonds is 76. The Bertz CT molecular complexity index is 4020. The summed E-state index contributed by atoms with van der Waals surface area (Å²) in [6, 6.07) is -22.7. The number of carboxylic acids is 1. The van der Waals surface area contributed by atoms with Gasteiger partial charge in [-0.05, 0) is 194 Å². The van der Waals surface area contributed by atoms with Gasteiger partial charge in [0.15, 0.2) is 17.9 Å². The molecule has 58 nitrogen and oxygen atoms in total. The zero-order valence-corrected chi connectivity index (χ0v) is 80.2. The van der Waals surface area contributed by atoms with Crippen LogP contribution in [0.3, 0.4) is 0 Å². The number of primary amides is 1. The van der Waals surface area contributed by atoms with Gasteiger partial charge in [0.05, 0.1) is 51.5 Å². The van der Waals surface area contributed by atoms with Gasteiger partial charge in [-0.2, -0.15) is 0 Å². The van der Waals surface area contributed by atoms with E-state index >= 15 is 0 Å². The van der Waals surface area contributed by atoms with Crippen LogP contribution in [0.5, 0.6) is 0 Å². The Morgan fingerprint density at radius 3 is 0.871 bits per heavy atom. The molecule has 58 heteroatoms. The first-order valence-electron chi connectivity index (χ1n) is 46.4. The van der Waals surface area contributed by atoms with Crippen LogP contribution in [-0.4, -0.2) is 345 Å². The van der Waals surface area contributed by atoms with E-state index in [0.29, 0.717) is 51.5 Å². The topological polar surface area (TPSA) is 1010 Å². The minimum atomic E-state index is -1.88. The largest absolute Gasteiger partial charge is 0.480 e. The van der Waals surface area contributed by atoms with E-state index in [2.05, 4.69) is 106 Å². The number of hydrogen-bond acceptors (Lipinski definition) is 32. The molecule has 0 radical (unpaired) electrons. The van der Waals surface area contributed by atoms with Crippen molar-refractivity contribution in [3.8, 4) is 0 Å². The molecule has 0 aromatic carbocycles. The van der Waals surface area contributed by atoms with Crippen LogP contribution in [0.4, 0.5) is 0 Å². The van der Waals surface area contributed by atoms with Crippen molar-refractivity contribution in [2.24, 2.45) is 63.3 Å². The van der Waals surface area contributed by atoms with Crippen molar-refractivity contribution in [1.82, 2.24) is 112 Å². The molecule has 0 bridgehead atoms. The molecule has 19 amide bonds. The molecule has 16 atom stereocenters. The van der Waals surface area contributed by atoms with E-state index < -0.39 is 285 Å². The maximum absolute atomic E-state index is 14.4. The van der Waals surface area contributed by atoms with Gasteiger partial charge in [-0.25, -0.2) is 4.79 Å². The smallest absolute Gasteiger partial charge is 0.328 e.